The Kier molecular flexibility index (Phi) is 3.72. The van der Waals surface area contributed by atoms with Gasteiger partial charge in [0.1, 0.15) is 5.75 Å². The Labute approximate surface area is 102 Å². The number of phenolic OH excluding ortho intramolecular Hbond substituents is 1. The molecule has 94 valence electrons. The number of hydrogen-bond acceptors (Lipinski definition) is 3. The molecule has 0 aliphatic heterocycles. The molecule has 1 aromatic carbocycles. The van der Waals surface area contributed by atoms with Crippen LogP contribution in [-0.2, 0) is 16.3 Å². The molecule has 17 heavy (non-hydrogen) atoms. The van der Waals surface area contributed by atoms with Crippen LogP contribution in [0.1, 0.15) is 24.8 Å². The second-order valence-electron chi connectivity index (χ2n) is 4.83. The van der Waals surface area contributed by atoms with Gasteiger partial charge < -0.3 is 5.11 Å². The molecule has 0 atom stereocenters. The van der Waals surface area contributed by atoms with E-state index in [1.165, 1.54) is 6.42 Å². The first-order chi connectivity index (χ1) is 8.05. The van der Waals surface area contributed by atoms with Gasteiger partial charge in [-0.2, -0.15) is 0 Å². The average Bonchev–Trinajstić information content (AvgIpc) is 2.23. The van der Waals surface area contributed by atoms with Crippen molar-refractivity contribution >= 4 is 9.84 Å². The fraction of sp³-hybridized carbons (Fsp3) is 0.538. The van der Waals surface area contributed by atoms with E-state index in [0.717, 1.165) is 18.4 Å². The highest BCUT2D eigenvalue weighted by molar-refractivity contribution is 7.91. The van der Waals surface area contributed by atoms with Crippen LogP contribution < -0.4 is 0 Å². The smallest absolute Gasteiger partial charge is 0.150 e. The van der Waals surface area contributed by atoms with Crippen LogP contribution in [0.4, 0.5) is 0 Å². The van der Waals surface area contributed by atoms with Crippen molar-refractivity contribution in [3.63, 3.8) is 0 Å². The van der Waals surface area contributed by atoms with E-state index in [1.54, 1.807) is 24.3 Å². The Morgan fingerprint density at radius 3 is 2.35 bits per heavy atom. The zero-order chi connectivity index (χ0) is 12.3. The fourth-order valence-electron chi connectivity index (χ4n) is 2.04. The van der Waals surface area contributed by atoms with Gasteiger partial charge in [0.2, 0.25) is 0 Å². The molecular formula is C13H18O3S. The van der Waals surface area contributed by atoms with Crippen molar-refractivity contribution in [3.05, 3.63) is 29.8 Å². The van der Waals surface area contributed by atoms with Gasteiger partial charge in [-0.1, -0.05) is 18.6 Å². The highest BCUT2D eigenvalue weighted by atomic mass is 32.2. The number of aromatic hydroxyl groups is 1. The lowest BCUT2D eigenvalue weighted by atomic mass is 9.87. The van der Waals surface area contributed by atoms with Crippen molar-refractivity contribution in [2.75, 3.05) is 11.5 Å². The van der Waals surface area contributed by atoms with Crippen molar-refractivity contribution in [3.8, 4) is 5.75 Å². The third-order valence-corrected chi connectivity index (χ3v) is 5.16. The fourth-order valence-corrected chi connectivity index (χ4v) is 3.80. The third kappa shape index (κ3) is 3.73. The minimum absolute atomic E-state index is 0.214. The SMILES string of the molecule is O=S(=O)(CCc1ccc(O)cc1)CC1CCC1. The summed E-state index contributed by atoms with van der Waals surface area (Å²) in [5, 5.41) is 9.12. The van der Waals surface area contributed by atoms with Gasteiger partial charge in [-0.25, -0.2) is 8.42 Å². The summed E-state index contributed by atoms with van der Waals surface area (Å²) in [6.45, 7) is 0. The van der Waals surface area contributed by atoms with Crippen molar-refractivity contribution in [1.82, 2.24) is 0 Å². The summed E-state index contributed by atoms with van der Waals surface area (Å²) in [7, 11) is -2.91. The highest BCUT2D eigenvalue weighted by Gasteiger charge is 2.24. The van der Waals surface area contributed by atoms with Crippen LogP contribution in [0.25, 0.3) is 0 Å². The quantitative estimate of drug-likeness (QED) is 0.876. The van der Waals surface area contributed by atoms with Crippen molar-refractivity contribution in [1.29, 1.82) is 0 Å². The van der Waals surface area contributed by atoms with Gasteiger partial charge >= 0.3 is 0 Å². The molecule has 2 rings (SSSR count). The van der Waals surface area contributed by atoms with Crippen molar-refractivity contribution < 1.29 is 13.5 Å². The number of hydrogen-bond donors (Lipinski definition) is 1. The summed E-state index contributed by atoms with van der Waals surface area (Å²) in [4.78, 5) is 0. The summed E-state index contributed by atoms with van der Waals surface area (Å²) < 4.78 is 23.6. The first kappa shape index (κ1) is 12.4. The summed E-state index contributed by atoms with van der Waals surface area (Å²) in [6.07, 6.45) is 3.85. The molecular weight excluding hydrogens is 236 g/mol. The monoisotopic (exact) mass is 254 g/mol. The summed E-state index contributed by atoms with van der Waals surface area (Å²) in [5.41, 5.74) is 0.958. The van der Waals surface area contributed by atoms with Gasteiger partial charge in [-0.3, -0.25) is 0 Å². The minimum atomic E-state index is -2.91. The number of aryl methyl sites for hydroxylation is 1. The molecule has 1 saturated carbocycles. The van der Waals surface area contributed by atoms with Gasteiger partial charge in [0, 0.05) is 0 Å². The molecule has 0 radical (unpaired) electrons. The average molecular weight is 254 g/mol. The molecule has 0 bridgehead atoms. The lowest BCUT2D eigenvalue weighted by Gasteiger charge is -2.24. The van der Waals surface area contributed by atoms with E-state index in [0.29, 0.717) is 18.1 Å². The van der Waals surface area contributed by atoms with E-state index in [-0.39, 0.29) is 11.5 Å². The van der Waals surface area contributed by atoms with Crippen LogP contribution in [0.5, 0.6) is 5.75 Å². The van der Waals surface area contributed by atoms with E-state index >= 15 is 0 Å². The maximum atomic E-state index is 11.8. The Balaban J connectivity index is 1.86. The van der Waals surface area contributed by atoms with Gasteiger partial charge in [-0.05, 0) is 42.9 Å². The predicted octanol–water partition coefficient (Wildman–Crippen LogP) is 2.15. The van der Waals surface area contributed by atoms with Crippen molar-refractivity contribution in [2.24, 2.45) is 5.92 Å². The molecule has 1 aliphatic carbocycles. The summed E-state index contributed by atoms with van der Waals surface area (Å²) >= 11 is 0. The zero-order valence-electron chi connectivity index (χ0n) is 9.80. The molecule has 1 N–H and O–H groups in total. The predicted molar refractivity (Wildman–Crippen MR) is 67.8 cm³/mol. The van der Waals surface area contributed by atoms with E-state index in [9.17, 15) is 8.42 Å². The number of rotatable bonds is 5. The normalized spacial score (nSPS) is 16.7. The molecule has 1 aliphatic rings. The Bertz CT molecular complexity index is 458. The molecule has 0 heterocycles. The van der Waals surface area contributed by atoms with Crippen LogP contribution in [0.2, 0.25) is 0 Å². The zero-order valence-corrected chi connectivity index (χ0v) is 10.6. The van der Waals surface area contributed by atoms with Crippen LogP contribution >= 0.6 is 0 Å². The number of phenols is 1. The lowest BCUT2D eigenvalue weighted by Crippen LogP contribution is -2.24. The van der Waals surface area contributed by atoms with Gasteiger partial charge in [-0.15, -0.1) is 0 Å². The van der Waals surface area contributed by atoms with Gasteiger partial charge in [0.15, 0.2) is 9.84 Å². The second kappa shape index (κ2) is 5.08. The molecule has 0 unspecified atom stereocenters. The molecule has 0 saturated heterocycles. The van der Waals surface area contributed by atoms with Crippen LogP contribution in [0, 0.1) is 5.92 Å². The van der Waals surface area contributed by atoms with Gasteiger partial charge in [0.05, 0.1) is 11.5 Å². The standard InChI is InChI=1S/C13H18O3S/c14-13-6-4-11(5-7-13)8-9-17(15,16)10-12-2-1-3-12/h4-7,12,14H,1-3,8-10H2. The van der Waals surface area contributed by atoms with Gasteiger partial charge in [0.25, 0.3) is 0 Å². The topological polar surface area (TPSA) is 54.4 Å². The highest BCUT2D eigenvalue weighted by Crippen LogP contribution is 2.27. The summed E-state index contributed by atoms with van der Waals surface area (Å²) in [5.74, 6) is 1.19. The lowest BCUT2D eigenvalue weighted by molar-refractivity contribution is 0.347. The Morgan fingerprint density at radius 1 is 1.18 bits per heavy atom. The molecule has 3 nitrogen and oxygen atoms in total. The van der Waals surface area contributed by atoms with E-state index in [4.69, 9.17) is 5.11 Å². The van der Waals surface area contributed by atoms with E-state index in [2.05, 4.69) is 0 Å². The molecule has 0 amide bonds. The van der Waals surface area contributed by atoms with E-state index < -0.39 is 9.84 Å². The molecule has 0 spiro atoms. The third-order valence-electron chi connectivity index (χ3n) is 3.35. The second-order valence-corrected chi connectivity index (χ2v) is 7.06. The molecule has 1 fully saturated rings. The first-order valence-electron chi connectivity index (χ1n) is 6.03. The molecule has 1 aromatic rings. The first-order valence-corrected chi connectivity index (χ1v) is 7.86. The maximum absolute atomic E-state index is 11.8. The maximum Gasteiger partial charge on any atom is 0.150 e. The largest absolute Gasteiger partial charge is 0.508 e. The number of sulfone groups is 1. The van der Waals surface area contributed by atoms with Crippen LogP contribution in [0.15, 0.2) is 24.3 Å². The minimum Gasteiger partial charge on any atom is -0.508 e. The Morgan fingerprint density at radius 2 is 1.82 bits per heavy atom. The van der Waals surface area contributed by atoms with Crippen molar-refractivity contribution in [2.45, 2.75) is 25.7 Å². The summed E-state index contributed by atoms with van der Waals surface area (Å²) in [6, 6.07) is 6.73. The molecule has 0 aromatic heterocycles. The Hall–Kier alpha value is -1.03. The molecule has 4 heteroatoms. The van der Waals surface area contributed by atoms with Crippen LogP contribution in [0.3, 0.4) is 0 Å². The van der Waals surface area contributed by atoms with E-state index in [1.807, 2.05) is 0 Å². The van der Waals surface area contributed by atoms with Crippen LogP contribution in [-0.4, -0.2) is 25.0 Å². The number of benzene rings is 1.